The highest BCUT2D eigenvalue weighted by Crippen LogP contribution is 2.25. The van der Waals surface area contributed by atoms with Crippen LogP contribution in [0.3, 0.4) is 0 Å². The summed E-state index contributed by atoms with van der Waals surface area (Å²) in [5.41, 5.74) is 0.110. The summed E-state index contributed by atoms with van der Waals surface area (Å²) < 4.78 is 14.1. The van der Waals surface area contributed by atoms with Gasteiger partial charge in [-0.25, -0.2) is 9.18 Å². The Morgan fingerprint density at radius 1 is 1.20 bits per heavy atom. The van der Waals surface area contributed by atoms with Crippen molar-refractivity contribution in [3.8, 4) is 0 Å². The van der Waals surface area contributed by atoms with E-state index in [4.69, 9.17) is 5.11 Å². The van der Waals surface area contributed by atoms with Crippen LogP contribution in [-0.2, 0) is 0 Å². The molecule has 4 heteroatoms. The summed E-state index contributed by atoms with van der Waals surface area (Å²) in [6.07, 6.45) is 0. The van der Waals surface area contributed by atoms with Gasteiger partial charge in [0.25, 0.3) is 0 Å². The van der Waals surface area contributed by atoms with E-state index in [1.54, 1.807) is 18.2 Å². The fraction of sp³-hybridized carbons (Fsp3) is 0. The lowest BCUT2D eigenvalue weighted by atomic mass is 10.0. The summed E-state index contributed by atoms with van der Waals surface area (Å²) in [6.45, 7) is 0. The number of benzene rings is 2. The van der Waals surface area contributed by atoms with Gasteiger partial charge in [0.15, 0.2) is 0 Å². The Kier molecular flexibility index (Phi) is 2.44. The first-order valence-corrected chi connectivity index (χ1v) is 5.00. The second-order valence-electron chi connectivity index (χ2n) is 3.09. The molecule has 1 N–H and O–H groups in total. The Hall–Kier alpha value is -1.42. The van der Waals surface area contributed by atoms with Crippen LogP contribution in [0.5, 0.6) is 0 Å². The van der Waals surface area contributed by atoms with Crippen LogP contribution < -0.4 is 0 Å². The first kappa shape index (κ1) is 10.1. The van der Waals surface area contributed by atoms with Gasteiger partial charge in [0, 0.05) is 9.86 Å². The molecule has 76 valence electrons. The molecule has 0 heterocycles. The van der Waals surface area contributed by atoms with Crippen LogP contribution in [0.15, 0.2) is 34.8 Å². The minimum Gasteiger partial charge on any atom is -0.478 e. The number of carbonyl (C=O) groups is 1. The fourth-order valence-electron chi connectivity index (χ4n) is 1.47. The number of hydrogen-bond acceptors (Lipinski definition) is 1. The smallest absolute Gasteiger partial charge is 0.336 e. The Morgan fingerprint density at radius 2 is 1.93 bits per heavy atom. The summed E-state index contributed by atoms with van der Waals surface area (Å²) >= 11 is 3.21. The number of rotatable bonds is 1. The number of carboxylic acid groups (broad SMARTS) is 1. The van der Waals surface area contributed by atoms with Crippen molar-refractivity contribution in [1.29, 1.82) is 0 Å². The average molecular weight is 269 g/mol. The first-order valence-electron chi connectivity index (χ1n) is 4.20. The van der Waals surface area contributed by atoms with E-state index in [0.29, 0.717) is 10.8 Å². The zero-order valence-electron chi connectivity index (χ0n) is 7.50. The Bertz CT molecular complexity index is 552. The highest BCUT2D eigenvalue weighted by molar-refractivity contribution is 9.10. The number of hydrogen-bond donors (Lipinski definition) is 1. The maximum atomic E-state index is 13.4. The van der Waals surface area contributed by atoms with Gasteiger partial charge in [-0.1, -0.05) is 22.0 Å². The van der Waals surface area contributed by atoms with Crippen LogP contribution in [0.1, 0.15) is 10.4 Å². The minimum absolute atomic E-state index is 0.110. The van der Waals surface area contributed by atoms with E-state index in [-0.39, 0.29) is 5.56 Å². The summed E-state index contributed by atoms with van der Waals surface area (Å²) in [5.74, 6) is -1.47. The maximum Gasteiger partial charge on any atom is 0.336 e. The van der Waals surface area contributed by atoms with Crippen molar-refractivity contribution < 1.29 is 14.3 Å². The van der Waals surface area contributed by atoms with E-state index in [2.05, 4.69) is 15.9 Å². The van der Waals surface area contributed by atoms with E-state index < -0.39 is 11.8 Å². The van der Waals surface area contributed by atoms with Crippen LogP contribution in [0.4, 0.5) is 4.39 Å². The van der Waals surface area contributed by atoms with E-state index in [1.807, 2.05) is 0 Å². The fourth-order valence-corrected chi connectivity index (χ4v) is 1.83. The van der Waals surface area contributed by atoms with Crippen LogP contribution >= 0.6 is 15.9 Å². The number of aromatic carboxylic acids is 1. The molecule has 2 aromatic carbocycles. The molecule has 0 aliphatic rings. The predicted molar refractivity (Wildman–Crippen MR) is 58.6 cm³/mol. The van der Waals surface area contributed by atoms with Gasteiger partial charge in [-0.15, -0.1) is 0 Å². The maximum absolute atomic E-state index is 13.4. The standard InChI is InChI=1S/C11H6BrFO2/c12-6-1-2-7-8(11(14)15)3-4-10(13)9(7)5-6/h1-5H,(H,14,15). The van der Waals surface area contributed by atoms with Gasteiger partial charge in [-0.3, -0.25) is 0 Å². The number of carboxylic acids is 1. The largest absolute Gasteiger partial charge is 0.478 e. The third-order valence-corrected chi connectivity index (χ3v) is 2.65. The molecule has 0 unspecified atom stereocenters. The number of halogens is 2. The lowest BCUT2D eigenvalue weighted by molar-refractivity contribution is 0.0699. The molecular weight excluding hydrogens is 263 g/mol. The van der Waals surface area contributed by atoms with E-state index in [0.717, 1.165) is 10.5 Å². The van der Waals surface area contributed by atoms with Gasteiger partial charge in [0.05, 0.1) is 5.56 Å². The topological polar surface area (TPSA) is 37.3 Å². The van der Waals surface area contributed by atoms with Crippen molar-refractivity contribution >= 4 is 32.7 Å². The van der Waals surface area contributed by atoms with Gasteiger partial charge in [0.1, 0.15) is 5.82 Å². The molecule has 2 aromatic rings. The molecule has 0 atom stereocenters. The molecule has 0 aromatic heterocycles. The van der Waals surface area contributed by atoms with Gasteiger partial charge in [0.2, 0.25) is 0 Å². The van der Waals surface area contributed by atoms with Crippen molar-refractivity contribution in [2.75, 3.05) is 0 Å². The van der Waals surface area contributed by atoms with Gasteiger partial charge in [-0.05, 0) is 29.7 Å². The number of fused-ring (bicyclic) bond motifs is 1. The van der Waals surface area contributed by atoms with E-state index >= 15 is 0 Å². The monoisotopic (exact) mass is 268 g/mol. The van der Waals surface area contributed by atoms with Crippen LogP contribution in [0.25, 0.3) is 10.8 Å². The molecule has 2 nitrogen and oxygen atoms in total. The predicted octanol–water partition coefficient (Wildman–Crippen LogP) is 3.44. The molecular formula is C11H6BrFO2. The summed E-state index contributed by atoms with van der Waals surface area (Å²) in [7, 11) is 0. The van der Waals surface area contributed by atoms with Crippen molar-refractivity contribution in [2.45, 2.75) is 0 Å². The lowest BCUT2D eigenvalue weighted by Crippen LogP contribution is -1.98. The molecule has 0 saturated carbocycles. The average Bonchev–Trinajstić information content (AvgIpc) is 2.19. The summed E-state index contributed by atoms with van der Waals surface area (Å²) in [5, 5.41) is 9.63. The molecule has 0 aliphatic carbocycles. The molecule has 0 bridgehead atoms. The molecule has 0 amide bonds. The van der Waals surface area contributed by atoms with E-state index in [9.17, 15) is 9.18 Å². The van der Waals surface area contributed by atoms with Crippen molar-refractivity contribution in [3.63, 3.8) is 0 Å². The molecule has 0 aliphatic heterocycles. The lowest BCUT2D eigenvalue weighted by Gasteiger charge is -2.03. The molecule has 0 spiro atoms. The Balaban J connectivity index is 2.88. The van der Waals surface area contributed by atoms with Crippen molar-refractivity contribution in [3.05, 3.63) is 46.2 Å². The zero-order valence-corrected chi connectivity index (χ0v) is 9.08. The van der Waals surface area contributed by atoms with Crippen molar-refractivity contribution in [2.24, 2.45) is 0 Å². The van der Waals surface area contributed by atoms with Crippen LogP contribution in [0, 0.1) is 5.82 Å². The van der Waals surface area contributed by atoms with Gasteiger partial charge >= 0.3 is 5.97 Å². The van der Waals surface area contributed by atoms with Crippen LogP contribution in [-0.4, -0.2) is 11.1 Å². The quantitative estimate of drug-likeness (QED) is 0.861. The molecule has 0 fully saturated rings. The molecule has 2 rings (SSSR count). The van der Waals surface area contributed by atoms with Gasteiger partial charge < -0.3 is 5.11 Å². The highest BCUT2D eigenvalue weighted by Gasteiger charge is 2.11. The minimum atomic E-state index is -1.05. The van der Waals surface area contributed by atoms with Gasteiger partial charge in [-0.2, -0.15) is 0 Å². The third kappa shape index (κ3) is 1.72. The second kappa shape index (κ2) is 3.62. The highest BCUT2D eigenvalue weighted by atomic mass is 79.9. The molecule has 15 heavy (non-hydrogen) atoms. The zero-order chi connectivity index (χ0) is 11.0. The SMILES string of the molecule is O=C(O)c1ccc(F)c2cc(Br)ccc12. The summed E-state index contributed by atoms with van der Waals surface area (Å²) in [6, 6.07) is 7.28. The van der Waals surface area contributed by atoms with Crippen molar-refractivity contribution in [1.82, 2.24) is 0 Å². The normalized spacial score (nSPS) is 10.5. The summed E-state index contributed by atoms with van der Waals surface area (Å²) in [4.78, 5) is 10.9. The van der Waals surface area contributed by atoms with E-state index in [1.165, 1.54) is 6.07 Å². The molecule has 0 radical (unpaired) electrons. The first-order chi connectivity index (χ1) is 7.09. The Morgan fingerprint density at radius 3 is 2.60 bits per heavy atom. The Labute approximate surface area is 93.5 Å². The van der Waals surface area contributed by atoms with Crippen LogP contribution in [0.2, 0.25) is 0 Å². The molecule has 0 saturated heterocycles. The third-order valence-electron chi connectivity index (χ3n) is 2.16. The second-order valence-corrected chi connectivity index (χ2v) is 4.01.